The van der Waals surface area contributed by atoms with Crippen molar-refractivity contribution in [3.05, 3.63) is 0 Å². The largest absolute Gasteiger partial charge is 1.00 e. The molecule has 0 bridgehead atoms. The predicted molar refractivity (Wildman–Crippen MR) is 17.3 cm³/mol. The van der Waals surface area contributed by atoms with Gasteiger partial charge < -0.3 is 30.1 Å². The van der Waals surface area contributed by atoms with Gasteiger partial charge in [-0.05, 0) is 0 Å². The first-order valence-corrected chi connectivity index (χ1v) is 1.41. The van der Waals surface area contributed by atoms with Crippen molar-refractivity contribution in [3.63, 3.8) is 0 Å². The van der Waals surface area contributed by atoms with Gasteiger partial charge in [0, 0.05) is 27.3 Å². The molecular weight excluding hydrogens is 348 g/mol. The third-order valence-electron chi connectivity index (χ3n) is 0. The fourth-order valence-electron chi connectivity index (χ4n) is 0. The minimum absolute atomic E-state index is 0. The van der Waals surface area contributed by atoms with E-state index in [1.165, 1.54) is 0 Å². The van der Waals surface area contributed by atoms with Gasteiger partial charge >= 0.3 is 29.6 Å². The van der Waals surface area contributed by atoms with Crippen molar-refractivity contribution in [1.82, 2.24) is 0 Å². The van der Waals surface area contributed by atoms with Crippen molar-refractivity contribution in [2.45, 2.75) is 0 Å². The summed E-state index contributed by atoms with van der Waals surface area (Å²) in [4.78, 5) is 0. The molecule has 0 heterocycles. The zero-order valence-corrected chi connectivity index (χ0v) is 11.0. The van der Waals surface area contributed by atoms with E-state index >= 15 is 0 Å². The maximum atomic E-state index is 8.42. The molecule has 0 fully saturated rings. The van der Waals surface area contributed by atoms with Crippen LogP contribution in [0.25, 0.3) is 0 Å². The Hall–Kier alpha value is 1.81. The standard InChI is InChI=1S/2BO3.Na.Pb/c2*2-1(3)4;;/q2*-3;+1;. The summed E-state index contributed by atoms with van der Waals surface area (Å²) < 4.78 is 0. The summed E-state index contributed by atoms with van der Waals surface area (Å²) >= 11 is 0. The average Bonchev–Trinajstić information content (AvgIpc) is 1.25. The first kappa shape index (κ1) is 22.6. The van der Waals surface area contributed by atoms with Crippen LogP contribution >= 0.6 is 0 Å². The summed E-state index contributed by atoms with van der Waals surface area (Å²) in [5, 5.41) is 50.5. The van der Waals surface area contributed by atoms with Gasteiger partial charge in [0.05, 0.1) is 0 Å². The summed E-state index contributed by atoms with van der Waals surface area (Å²) in [6, 6.07) is 0. The summed E-state index contributed by atoms with van der Waals surface area (Å²) in [5.74, 6) is 0. The zero-order valence-electron chi connectivity index (χ0n) is 5.10. The molecular formula is B2NaO6Pb-5. The zero-order chi connectivity index (χ0) is 7.15. The van der Waals surface area contributed by atoms with Crippen LogP contribution in [-0.2, 0) is 0 Å². The molecule has 0 unspecified atom stereocenters. The molecule has 52 valence electrons. The van der Waals surface area contributed by atoms with Gasteiger partial charge in [-0.15, -0.1) is 0 Å². The van der Waals surface area contributed by atoms with Crippen molar-refractivity contribution in [2.75, 3.05) is 0 Å². The van der Waals surface area contributed by atoms with Crippen molar-refractivity contribution in [1.29, 1.82) is 0 Å². The first-order chi connectivity index (χ1) is 3.46. The molecule has 0 saturated carbocycles. The minimum Gasteiger partial charge on any atom is -0.907 e. The Morgan fingerprint density at radius 1 is 0.600 bits per heavy atom. The summed E-state index contributed by atoms with van der Waals surface area (Å²) in [6.45, 7) is 0. The summed E-state index contributed by atoms with van der Waals surface area (Å²) in [5.41, 5.74) is 0. The fraction of sp³-hybridized carbons (Fsp3) is 0. The smallest absolute Gasteiger partial charge is 0.907 e. The molecule has 10 heavy (non-hydrogen) atoms. The molecule has 0 spiro atoms. The molecule has 0 atom stereocenters. The third-order valence-corrected chi connectivity index (χ3v) is 0. The molecule has 0 aromatic heterocycles. The van der Waals surface area contributed by atoms with Gasteiger partial charge in [-0.1, -0.05) is 0 Å². The van der Waals surface area contributed by atoms with Crippen molar-refractivity contribution >= 4 is 41.9 Å². The van der Waals surface area contributed by atoms with Crippen molar-refractivity contribution in [3.8, 4) is 0 Å². The van der Waals surface area contributed by atoms with Crippen LogP contribution in [0.5, 0.6) is 0 Å². The molecule has 0 aliphatic rings. The Morgan fingerprint density at radius 2 is 0.600 bits per heavy atom. The molecule has 0 N–H and O–H groups in total. The van der Waals surface area contributed by atoms with Crippen molar-refractivity contribution in [2.24, 2.45) is 0 Å². The van der Waals surface area contributed by atoms with Gasteiger partial charge in [0.15, 0.2) is 0 Å². The minimum atomic E-state index is -2.92. The molecule has 0 aliphatic heterocycles. The second-order valence-electron chi connectivity index (χ2n) is 0.577. The second kappa shape index (κ2) is 17.1. The normalized spacial score (nSPS) is 5.40. The van der Waals surface area contributed by atoms with E-state index in [0.29, 0.717) is 0 Å². The Morgan fingerprint density at radius 3 is 0.600 bits per heavy atom. The van der Waals surface area contributed by atoms with Gasteiger partial charge in [-0.3, -0.25) is 14.6 Å². The molecule has 10 heteroatoms. The number of hydrogen-bond acceptors (Lipinski definition) is 6. The Labute approximate surface area is 101 Å². The number of hydrogen-bond donors (Lipinski definition) is 0. The van der Waals surface area contributed by atoms with Gasteiger partial charge in [0.2, 0.25) is 0 Å². The molecule has 0 saturated heterocycles. The SMILES string of the molecule is [Na+].[O-]B([O-])[O-].[O-]B([O-])[O-].[Pb]. The topological polar surface area (TPSA) is 138 Å². The van der Waals surface area contributed by atoms with Gasteiger partial charge in [-0.2, -0.15) is 0 Å². The molecule has 4 radical (unpaired) electrons. The van der Waals surface area contributed by atoms with Crippen LogP contribution < -0.4 is 59.7 Å². The first-order valence-electron chi connectivity index (χ1n) is 1.41. The van der Waals surface area contributed by atoms with Crippen LogP contribution in [0.4, 0.5) is 0 Å². The maximum absolute atomic E-state index is 8.42. The van der Waals surface area contributed by atoms with Crippen LogP contribution in [0, 0.1) is 0 Å². The van der Waals surface area contributed by atoms with Crippen LogP contribution in [0.1, 0.15) is 0 Å². The third kappa shape index (κ3) is 232. The molecule has 0 rings (SSSR count). The number of rotatable bonds is 0. The summed E-state index contributed by atoms with van der Waals surface area (Å²) in [6.07, 6.45) is 0. The van der Waals surface area contributed by atoms with E-state index in [1.54, 1.807) is 0 Å². The van der Waals surface area contributed by atoms with E-state index in [0.717, 1.165) is 0 Å². The van der Waals surface area contributed by atoms with E-state index in [-0.39, 0.29) is 56.9 Å². The average molecular weight is 348 g/mol. The van der Waals surface area contributed by atoms with Crippen molar-refractivity contribution < 1.29 is 59.7 Å². The Balaban J connectivity index is -0.0000000300. The second-order valence-corrected chi connectivity index (χ2v) is 0.577. The maximum Gasteiger partial charge on any atom is 1.00 e. The van der Waals surface area contributed by atoms with Crippen LogP contribution in [0.2, 0.25) is 0 Å². The molecule has 6 nitrogen and oxygen atoms in total. The van der Waals surface area contributed by atoms with Gasteiger partial charge in [0.1, 0.15) is 0 Å². The monoisotopic (exact) mass is 349 g/mol. The Kier molecular flexibility index (Phi) is 38.6. The molecule has 0 aromatic rings. The fourth-order valence-corrected chi connectivity index (χ4v) is 0. The molecule has 0 aliphatic carbocycles. The molecule has 0 aromatic carbocycles. The predicted octanol–water partition coefficient (Wildman–Crippen LogP) is -11.3. The van der Waals surface area contributed by atoms with E-state index in [4.69, 9.17) is 30.1 Å². The molecule has 0 amide bonds. The summed E-state index contributed by atoms with van der Waals surface area (Å²) in [7, 11) is -5.83. The van der Waals surface area contributed by atoms with Crippen LogP contribution in [-0.4, -0.2) is 41.9 Å². The van der Waals surface area contributed by atoms with Crippen LogP contribution in [0.15, 0.2) is 0 Å². The quantitative estimate of drug-likeness (QED) is 0.399. The van der Waals surface area contributed by atoms with E-state index in [1.807, 2.05) is 0 Å². The van der Waals surface area contributed by atoms with Gasteiger partial charge in [0.25, 0.3) is 0 Å². The van der Waals surface area contributed by atoms with E-state index in [2.05, 4.69) is 0 Å². The Bertz CT molecular complexity index is 31.2. The van der Waals surface area contributed by atoms with Gasteiger partial charge in [-0.25, -0.2) is 0 Å². The van der Waals surface area contributed by atoms with Crippen LogP contribution in [0.3, 0.4) is 0 Å². The van der Waals surface area contributed by atoms with E-state index in [9.17, 15) is 0 Å². The van der Waals surface area contributed by atoms with E-state index < -0.39 is 14.6 Å².